The number of nitrogens with one attached hydrogen (secondary N) is 2. The first-order valence-corrected chi connectivity index (χ1v) is 19.6. The van der Waals surface area contributed by atoms with Crippen molar-refractivity contribution < 1.29 is 0 Å². The molecule has 0 fully saturated rings. The lowest BCUT2D eigenvalue weighted by Gasteiger charge is -2.32. The molecule has 11 rings (SSSR count). The Kier molecular flexibility index (Phi) is 8.01. The predicted molar refractivity (Wildman–Crippen MR) is 238 cm³/mol. The monoisotopic (exact) mass is 730 g/mol. The van der Waals surface area contributed by atoms with Gasteiger partial charge in [0.25, 0.3) is 0 Å². The Bertz CT molecular complexity index is 3140. The van der Waals surface area contributed by atoms with Crippen LogP contribution in [-0.2, 0) is 0 Å². The lowest BCUT2D eigenvalue weighted by atomic mass is 10.0. The van der Waals surface area contributed by atoms with E-state index < -0.39 is 0 Å². The number of nitrogens with zero attached hydrogens (tertiary/aromatic N) is 2. The summed E-state index contributed by atoms with van der Waals surface area (Å²) in [6.07, 6.45) is -0.475. The van der Waals surface area contributed by atoms with E-state index in [2.05, 4.69) is 221 Å². The zero-order valence-corrected chi connectivity index (χ0v) is 31.2. The SMILES string of the molecule is c1ccc(-c2cccc(C3=NC(c4ccc5ccccc5c4)NC(c4ccc5c(c4)c4cc6ccccc6cc4n5-c4cccc(-c5ccccc5)c4)N3)c2)cc1. The zero-order valence-electron chi connectivity index (χ0n) is 31.2. The molecule has 1 aliphatic rings. The van der Waals surface area contributed by atoms with Gasteiger partial charge in [-0.1, -0.05) is 158 Å². The maximum Gasteiger partial charge on any atom is 0.131 e. The lowest BCUT2D eigenvalue weighted by Crippen LogP contribution is -2.45. The lowest BCUT2D eigenvalue weighted by molar-refractivity contribution is 0.409. The van der Waals surface area contributed by atoms with E-state index in [1.54, 1.807) is 0 Å². The maximum atomic E-state index is 5.35. The summed E-state index contributed by atoms with van der Waals surface area (Å²) in [5.74, 6) is 0.862. The van der Waals surface area contributed by atoms with Gasteiger partial charge in [-0.2, -0.15) is 0 Å². The van der Waals surface area contributed by atoms with Crippen LogP contribution in [0.15, 0.2) is 211 Å². The Morgan fingerprint density at radius 1 is 0.386 bits per heavy atom. The molecule has 2 heterocycles. The van der Waals surface area contributed by atoms with E-state index in [1.807, 2.05) is 0 Å². The number of rotatable bonds is 6. The van der Waals surface area contributed by atoms with Crippen molar-refractivity contribution in [2.24, 2.45) is 4.99 Å². The van der Waals surface area contributed by atoms with E-state index in [0.717, 1.165) is 33.8 Å². The molecule has 57 heavy (non-hydrogen) atoms. The normalized spacial score (nSPS) is 15.5. The Labute approximate surface area is 331 Å². The van der Waals surface area contributed by atoms with Gasteiger partial charge < -0.3 is 9.88 Å². The molecule has 2 unspecified atom stereocenters. The molecular formula is C53H38N4. The standard InChI is InChI=1S/C53H38N4/c1-3-13-35(14-4-1)39-21-11-23-43(29-39)51-54-52(44-26-25-37-17-7-8-18-38(37)30-44)56-53(55-51)45-27-28-49-47(33-45)48-32-41-19-9-10-20-42(41)34-50(48)57(49)46-24-12-22-40(31-46)36-15-5-2-6-16-36/h1-34,52-53,56H,(H,54,55). The molecule has 4 nitrogen and oxygen atoms in total. The molecule has 0 saturated carbocycles. The third kappa shape index (κ3) is 6.04. The highest BCUT2D eigenvalue weighted by molar-refractivity contribution is 6.14. The second kappa shape index (κ2) is 13.8. The van der Waals surface area contributed by atoms with Crippen molar-refractivity contribution in [3.8, 4) is 27.9 Å². The summed E-state index contributed by atoms with van der Waals surface area (Å²) in [6, 6.07) is 74.2. The molecule has 2 atom stereocenters. The van der Waals surface area contributed by atoms with Crippen molar-refractivity contribution in [3.63, 3.8) is 0 Å². The summed E-state index contributed by atoms with van der Waals surface area (Å²) >= 11 is 0. The van der Waals surface area contributed by atoms with Gasteiger partial charge in [-0.25, -0.2) is 4.99 Å². The van der Waals surface area contributed by atoms with E-state index in [9.17, 15) is 0 Å². The molecule has 4 heteroatoms. The van der Waals surface area contributed by atoms with Gasteiger partial charge in [0.1, 0.15) is 18.2 Å². The second-order valence-electron chi connectivity index (χ2n) is 14.9. The van der Waals surface area contributed by atoms with E-state index in [-0.39, 0.29) is 12.3 Å². The second-order valence-corrected chi connectivity index (χ2v) is 14.9. The van der Waals surface area contributed by atoms with Crippen LogP contribution in [0.2, 0.25) is 0 Å². The van der Waals surface area contributed by atoms with Gasteiger partial charge in [0.2, 0.25) is 0 Å². The molecule has 1 aliphatic heterocycles. The van der Waals surface area contributed by atoms with Crippen LogP contribution in [0.4, 0.5) is 0 Å². The minimum absolute atomic E-state index is 0.209. The van der Waals surface area contributed by atoms with Crippen LogP contribution in [0.1, 0.15) is 29.0 Å². The fourth-order valence-electron chi connectivity index (χ4n) is 8.54. The van der Waals surface area contributed by atoms with Gasteiger partial charge in [0.15, 0.2) is 0 Å². The van der Waals surface area contributed by atoms with Crippen LogP contribution in [0, 0.1) is 0 Å². The minimum atomic E-state index is -0.266. The van der Waals surface area contributed by atoms with Gasteiger partial charge in [-0.15, -0.1) is 0 Å². The molecule has 0 bridgehead atoms. The molecule has 0 amide bonds. The van der Waals surface area contributed by atoms with Crippen molar-refractivity contribution in [1.29, 1.82) is 0 Å². The summed E-state index contributed by atoms with van der Waals surface area (Å²) in [7, 11) is 0. The number of aromatic nitrogens is 1. The molecule has 9 aromatic carbocycles. The van der Waals surface area contributed by atoms with E-state index >= 15 is 0 Å². The number of aliphatic imine (C=N–C) groups is 1. The summed E-state index contributed by atoms with van der Waals surface area (Å²) < 4.78 is 2.43. The average Bonchev–Trinajstić information content (AvgIpc) is 3.61. The topological polar surface area (TPSA) is 41.4 Å². The minimum Gasteiger partial charge on any atom is -0.350 e. The number of hydrogen-bond acceptors (Lipinski definition) is 3. The van der Waals surface area contributed by atoms with Crippen LogP contribution in [0.25, 0.3) is 71.3 Å². The van der Waals surface area contributed by atoms with Crippen molar-refractivity contribution in [1.82, 2.24) is 15.2 Å². The predicted octanol–water partition coefficient (Wildman–Crippen LogP) is 12.8. The molecule has 10 aromatic rings. The Morgan fingerprint density at radius 3 is 1.72 bits per heavy atom. The summed E-state index contributed by atoms with van der Waals surface area (Å²) in [5.41, 5.74) is 11.5. The van der Waals surface area contributed by atoms with Crippen molar-refractivity contribution in [2.75, 3.05) is 0 Å². The third-order valence-corrected chi connectivity index (χ3v) is 11.4. The van der Waals surface area contributed by atoms with Crippen molar-refractivity contribution in [3.05, 3.63) is 223 Å². The molecule has 0 aliphatic carbocycles. The largest absolute Gasteiger partial charge is 0.350 e. The molecule has 0 saturated heterocycles. The number of hydrogen-bond donors (Lipinski definition) is 2. The highest BCUT2D eigenvalue weighted by atomic mass is 15.3. The number of benzene rings is 9. The van der Waals surface area contributed by atoms with Crippen molar-refractivity contribution >= 4 is 49.2 Å². The summed E-state index contributed by atoms with van der Waals surface area (Å²) in [6.45, 7) is 0. The van der Waals surface area contributed by atoms with Gasteiger partial charge in [0.05, 0.1) is 11.0 Å². The fourth-order valence-corrected chi connectivity index (χ4v) is 8.54. The van der Waals surface area contributed by atoms with E-state index in [4.69, 9.17) is 4.99 Å². The van der Waals surface area contributed by atoms with Gasteiger partial charge in [-0.3, -0.25) is 5.32 Å². The molecule has 0 radical (unpaired) electrons. The number of amidine groups is 1. The maximum absolute atomic E-state index is 5.35. The third-order valence-electron chi connectivity index (χ3n) is 11.4. The van der Waals surface area contributed by atoms with Gasteiger partial charge in [-0.05, 0) is 103 Å². The zero-order chi connectivity index (χ0) is 37.7. The van der Waals surface area contributed by atoms with Crippen LogP contribution in [-0.4, -0.2) is 10.4 Å². The van der Waals surface area contributed by atoms with E-state index in [0.29, 0.717) is 0 Å². The molecule has 1 aromatic heterocycles. The van der Waals surface area contributed by atoms with E-state index in [1.165, 1.54) is 60.0 Å². The first-order chi connectivity index (χ1) is 28.2. The van der Waals surface area contributed by atoms with Crippen LogP contribution >= 0.6 is 0 Å². The van der Waals surface area contributed by atoms with Gasteiger partial charge in [0, 0.05) is 22.0 Å². The fraction of sp³-hybridized carbons (Fsp3) is 0.0377. The quantitative estimate of drug-likeness (QED) is 0.179. The first-order valence-electron chi connectivity index (χ1n) is 19.6. The van der Waals surface area contributed by atoms with Crippen LogP contribution < -0.4 is 10.6 Å². The molecular weight excluding hydrogens is 693 g/mol. The Hall–Kier alpha value is -7.27. The molecule has 2 N–H and O–H groups in total. The average molecular weight is 731 g/mol. The first kappa shape index (κ1) is 33.1. The van der Waals surface area contributed by atoms with Gasteiger partial charge >= 0.3 is 0 Å². The highest BCUT2D eigenvalue weighted by Gasteiger charge is 2.27. The van der Waals surface area contributed by atoms with Crippen molar-refractivity contribution in [2.45, 2.75) is 12.3 Å². The molecule has 0 spiro atoms. The number of fused-ring (bicyclic) bond motifs is 5. The summed E-state index contributed by atoms with van der Waals surface area (Å²) in [4.78, 5) is 5.35. The summed E-state index contributed by atoms with van der Waals surface area (Å²) in [5, 5.41) is 15.0. The highest BCUT2D eigenvalue weighted by Crippen LogP contribution is 2.38. The smallest absolute Gasteiger partial charge is 0.131 e. The van der Waals surface area contributed by atoms with Crippen LogP contribution in [0.5, 0.6) is 0 Å². The Morgan fingerprint density at radius 2 is 0.965 bits per heavy atom. The molecule has 270 valence electrons. The van der Waals surface area contributed by atoms with Crippen LogP contribution in [0.3, 0.4) is 0 Å². The Balaban J connectivity index is 1.06.